The molecule has 4 atom stereocenters. The third kappa shape index (κ3) is 1.14. The second kappa shape index (κ2) is 3.78. The molecule has 20 heavy (non-hydrogen) atoms. The van der Waals surface area contributed by atoms with Crippen molar-refractivity contribution in [3.8, 4) is 0 Å². The molecule has 2 saturated heterocycles. The Hall–Kier alpha value is 0.280. The van der Waals surface area contributed by atoms with Crippen molar-refractivity contribution in [2.24, 2.45) is 17.8 Å². The second-order valence-electron chi connectivity index (χ2n) is 5.95. The molecule has 2 heterocycles. The van der Waals surface area contributed by atoms with Gasteiger partial charge in [0, 0.05) is 17.8 Å². The molecule has 2 bridgehead atoms. The normalized spacial score (nSPS) is 49.5. The lowest BCUT2D eigenvalue weighted by Gasteiger charge is -2.36. The predicted molar refractivity (Wildman–Crippen MR) is 77.5 cm³/mol. The van der Waals surface area contributed by atoms with Crippen LogP contribution in [0.5, 0.6) is 0 Å². The fourth-order valence-electron chi connectivity index (χ4n) is 4.66. The third-order valence-electron chi connectivity index (χ3n) is 5.31. The molecule has 6 heteroatoms. The van der Waals surface area contributed by atoms with Crippen LogP contribution in [0.1, 0.15) is 0 Å². The molecule has 0 radical (unpaired) electrons. The van der Waals surface area contributed by atoms with Gasteiger partial charge in [-0.05, 0) is 0 Å². The van der Waals surface area contributed by atoms with Gasteiger partial charge in [0.1, 0.15) is 4.32 Å². The van der Waals surface area contributed by atoms with Gasteiger partial charge in [0.15, 0.2) is 5.79 Å². The Balaban J connectivity index is 1.68. The Morgan fingerprint density at radius 2 is 1.65 bits per heavy atom. The van der Waals surface area contributed by atoms with E-state index in [-0.39, 0.29) is 22.1 Å². The zero-order valence-corrected chi connectivity index (χ0v) is 13.9. The lowest BCUT2D eigenvalue weighted by Crippen LogP contribution is -2.48. The maximum Gasteiger partial charge on any atom is 0.205 e. The van der Waals surface area contributed by atoms with E-state index in [0.29, 0.717) is 26.4 Å². The number of alkyl halides is 1. The van der Waals surface area contributed by atoms with Crippen molar-refractivity contribution in [1.29, 1.82) is 0 Å². The molecule has 5 aliphatic rings. The largest absolute Gasteiger partial charge is 0.345 e. The van der Waals surface area contributed by atoms with Gasteiger partial charge in [-0.1, -0.05) is 50.1 Å². The molecule has 0 N–H and O–H groups in total. The minimum absolute atomic E-state index is 0.138. The van der Waals surface area contributed by atoms with Crippen LogP contribution in [0, 0.1) is 17.8 Å². The number of fused-ring (bicyclic) bond motifs is 4. The van der Waals surface area contributed by atoms with Crippen molar-refractivity contribution in [3.63, 3.8) is 0 Å². The maximum absolute atomic E-state index is 6.08. The van der Waals surface area contributed by atoms with Gasteiger partial charge in [0.25, 0.3) is 0 Å². The quantitative estimate of drug-likeness (QED) is 0.458. The Labute approximate surface area is 133 Å². The SMILES string of the molecule is BrC1=C[C@H]2[C@H]([C@@H]3C=C[C@@]2(Br)C32OCCO2)C12OCCO2. The summed E-state index contributed by atoms with van der Waals surface area (Å²) < 4.78 is 24.9. The van der Waals surface area contributed by atoms with Crippen molar-refractivity contribution in [1.82, 2.24) is 0 Å². The van der Waals surface area contributed by atoms with E-state index in [1.54, 1.807) is 0 Å². The Morgan fingerprint density at radius 1 is 1.00 bits per heavy atom. The number of hydrogen-bond donors (Lipinski definition) is 0. The fraction of sp³-hybridized carbons (Fsp3) is 0.714. The van der Waals surface area contributed by atoms with Gasteiger partial charge in [0.2, 0.25) is 5.79 Å². The molecule has 4 nitrogen and oxygen atoms in total. The Morgan fingerprint density at radius 3 is 2.35 bits per heavy atom. The third-order valence-corrected chi connectivity index (χ3v) is 7.47. The smallest absolute Gasteiger partial charge is 0.205 e. The van der Waals surface area contributed by atoms with Gasteiger partial charge < -0.3 is 18.9 Å². The van der Waals surface area contributed by atoms with Gasteiger partial charge >= 0.3 is 0 Å². The fourth-order valence-corrected chi connectivity index (χ4v) is 6.50. The summed E-state index contributed by atoms with van der Waals surface area (Å²) in [5, 5.41) is 0. The number of halogens is 2. The molecule has 0 unspecified atom stereocenters. The summed E-state index contributed by atoms with van der Waals surface area (Å²) in [5.41, 5.74) is 0. The highest BCUT2D eigenvalue weighted by atomic mass is 79.9. The highest BCUT2D eigenvalue weighted by Gasteiger charge is 2.79. The highest BCUT2D eigenvalue weighted by molar-refractivity contribution is 9.11. The molecule has 108 valence electrons. The molecule has 5 rings (SSSR count). The van der Waals surface area contributed by atoms with E-state index >= 15 is 0 Å². The first-order valence-electron chi connectivity index (χ1n) is 6.96. The molecule has 0 aromatic carbocycles. The summed E-state index contributed by atoms with van der Waals surface area (Å²) in [4.78, 5) is 0. The average molecular weight is 406 g/mol. The zero-order chi connectivity index (χ0) is 13.6. The van der Waals surface area contributed by atoms with Crippen LogP contribution in [0.3, 0.4) is 0 Å². The van der Waals surface area contributed by atoms with Crippen molar-refractivity contribution in [2.45, 2.75) is 15.9 Å². The topological polar surface area (TPSA) is 36.9 Å². The number of rotatable bonds is 0. The molecular weight excluding hydrogens is 392 g/mol. The molecule has 2 spiro atoms. The molecule has 3 aliphatic carbocycles. The average Bonchev–Trinajstić information content (AvgIpc) is 3.20. The summed E-state index contributed by atoms with van der Waals surface area (Å²) in [6, 6.07) is 0. The van der Waals surface area contributed by atoms with Crippen LogP contribution < -0.4 is 0 Å². The van der Waals surface area contributed by atoms with Crippen molar-refractivity contribution in [2.75, 3.05) is 26.4 Å². The zero-order valence-electron chi connectivity index (χ0n) is 10.7. The monoisotopic (exact) mass is 404 g/mol. The lowest BCUT2D eigenvalue weighted by atomic mass is 9.82. The predicted octanol–water partition coefficient (Wildman–Crippen LogP) is 2.33. The summed E-state index contributed by atoms with van der Waals surface area (Å²) in [6.07, 6.45) is 6.60. The summed E-state index contributed by atoms with van der Waals surface area (Å²) >= 11 is 7.58. The number of ether oxygens (including phenoxy) is 4. The van der Waals surface area contributed by atoms with Gasteiger partial charge in [-0.25, -0.2) is 0 Å². The van der Waals surface area contributed by atoms with E-state index in [2.05, 4.69) is 50.1 Å². The van der Waals surface area contributed by atoms with Gasteiger partial charge in [-0.3, -0.25) is 0 Å². The lowest BCUT2D eigenvalue weighted by molar-refractivity contribution is -0.205. The molecule has 0 aromatic heterocycles. The van der Waals surface area contributed by atoms with Crippen LogP contribution in [0.15, 0.2) is 22.7 Å². The Bertz CT molecular complexity index is 533. The van der Waals surface area contributed by atoms with Crippen molar-refractivity contribution >= 4 is 31.9 Å². The summed E-state index contributed by atoms with van der Waals surface area (Å²) in [5.74, 6) is -0.698. The minimum atomic E-state index is -0.655. The Kier molecular flexibility index (Phi) is 2.42. The highest BCUT2D eigenvalue weighted by Crippen LogP contribution is 2.71. The second-order valence-corrected chi connectivity index (χ2v) is 8.11. The van der Waals surface area contributed by atoms with E-state index in [0.717, 1.165) is 4.48 Å². The van der Waals surface area contributed by atoms with Gasteiger partial charge in [-0.2, -0.15) is 0 Å². The van der Waals surface area contributed by atoms with Crippen LogP contribution >= 0.6 is 31.9 Å². The van der Waals surface area contributed by atoms with Crippen LogP contribution in [-0.2, 0) is 18.9 Å². The molecule has 0 amide bonds. The van der Waals surface area contributed by atoms with Crippen molar-refractivity contribution < 1.29 is 18.9 Å². The standard InChI is InChI=1S/C14H14Br2O4/c15-10-7-9-11(13(10)17-3-4-18-13)8-1-2-12(9,16)14(8)19-5-6-20-14/h1-2,7-9,11H,3-6H2/t8-,9-,11-,12-/m0/s1. The number of hydrogen-bond acceptors (Lipinski definition) is 4. The molecule has 0 aromatic rings. The van der Waals surface area contributed by atoms with E-state index in [1.165, 1.54) is 0 Å². The van der Waals surface area contributed by atoms with E-state index in [9.17, 15) is 0 Å². The van der Waals surface area contributed by atoms with Crippen LogP contribution in [-0.4, -0.2) is 42.3 Å². The molecule has 3 fully saturated rings. The maximum atomic E-state index is 6.08. The number of allylic oxidation sites excluding steroid dienone is 1. The molecule has 1 saturated carbocycles. The van der Waals surface area contributed by atoms with Crippen LogP contribution in [0.4, 0.5) is 0 Å². The molecule has 2 aliphatic heterocycles. The first-order valence-corrected chi connectivity index (χ1v) is 8.55. The molecular formula is C14H14Br2O4. The van der Waals surface area contributed by atoms with E-state index in [1.807, 2.05) is 0 Å². The van der Waals surface area contributed by atoms with Crippen LogP contribution in [0.25, 0.3) is 0 Å². The van der Waals surface area contributed by atoms with E-state index < -0.39 is 11.6 Å². The minimum Gasteiger partial charge on any atom is -0.345 e. The first-order chi connectivity index (χ1) is 9.64. The van der Waals surface area contributed by atoms with Crippen LogP contribution in [0.2, 0.25) is 0 Å². The first kappa shape index (κ1) is 12.8. The summed E-state index contributed by atoms with van der Waals surface area (Å²) in [6.45, 7) is 2.55. The van der Waals surface area contributed by atoms with Gasteiger partial charge in [0.05, 0.1) is 30.9 Å². The van der Waals surface area contributed by atoms with Crippen molar-refractivity contribution in [3.05, 3.63) is 22.7 Å². The van der Waals surface area contributed by atoms with E-state index in [4.69, 9.17) is 18.9 Å². The summed E-state index contributed by atoms with van der Waals surface area (Å²) in [7, 11) is 0. The van der Waals surface area contributed by atoms with Gasteiger partial charge in [-0.15, -0.1) is 0 Å².